The molecule has 1 heteroatoms. The van der Waals surface area contributed by atoms with Crippen molar-refractivity contribution in [3.05, 3.63) is 76.3 Å². The Morgan fingerprint density at radius 1 is 1.00 bits per heavy atom. The van der Waals surface area contributed by atoms with Crippen LogP contribution in [-0.4, -0.2) is 0 Å². The van der Waals surface area contributed by atoms with E-state index in [4.69, 9.17) is 11.6 Å². The zero-order valence-electron chi connectivity index (χ0n) is 20.8. The first-order valence-corrected chi connectivity index (χ1v) is 13.4. The highest BCUT2D eigenvalue weighted by Crippen LogP contribution is 2.52. The number of hydrogen-bond acceptors (Lipinski definition) is 0. The first-order chi connectivity index (χ1) is 15.5. The Labute approximate surface area is 202 Å². The molecule has 2 aromatic rings. The van der Waals surface area contributed by atoms with Gasteiger partial charge in [0.05, 0.1) is 0 Å². The van der Waals surface area contributed by atoms with Crippen molar-refractivity contribution in [2.75, 3.05) is 0 Å². The molecule has 1 saturated carbocycles. The molecular formula is C31H43Cl. The van der Waals surface area contributed by atoms with E-state index in [0.717, 1.165) is 23.8 Å². The molecule has 3 unspecified atom stereocenters. The minimum Gasteiger partial charge on any atom is -0.0837 e. The van der Waals surface area contributed by atoms with E-state index >= 15 is 0 Å². The van der Waals surface area contributed by atoms with Crippen LogP contribution in [0.15, 0.2) is 54.6 Å². The summed E-state index contributed by atoms with van der Waals surface area (Å²) in [5.74, 6) is 1.58. The van der Waals surface area contributed by atoms with E-state index in [2.05, 4.69) is 82.3 Å². The van der Waals surface area contributed by atoms with Gasteiger partial charge in [0.15, 0.2) is 0 Å². The largest absolute Gasteiger partial charge is 0.0837 e. The molecule has 1 aliphatic rings. The fraction of sp³-hybridized carbons (Fsp3) is 0.548. The van der Waals surface area contributed by atoms with Crippen LogP contribution >= 0.6 is 11.6 Å². The number of benzene rings is 2. The van der Waals surface area contributed by atoms with Crippen LogP contribution in [0, 0.1) is 18.3 Å². The summed E-state index contributed by atoms with van der Waals surface area (Å²) in [5, 5.41) is 0.895. The molecule has 0 N–H and O–H groups in total. The average Bonchev–Trinajstić information content (AvgIpc) is 2.78. The topological polar surface area (TPSA) is 0 Å². The van der Waals surface area contributed by atoms with Crippen LogP contribution in [0.25, 0.3) is 5.57 Å². The smallest absolute Gasteiger partial charge is 0.0483 e. The lowest BCUT2D eigenvalue weighted by molar-refractivity contribution is 0.0924. The number of rotatable bonds is 10. The molecule has 0 amide bonds. The van der Waals surface area contributed by atoms with Gasteiger partial charge in [0.25, 0.3) is 0 Å². The fourth-order valence-corrected chi connectivity index (χ4v) is 6.69. The Bertz CT molecular complexity index is 865. The summed E-state index contributed by atoms with van der Waals surface area (Å²) in [6.07, 6.45) is 15.5. The second-order valence-electron chi connectivity index (χ2n) is 10.3. The molecule has 0 aliphatic heterocycles. The minimum atomic E-state index is 0.472. The van der Waals surface area contributed by atoms with Crippen LogP contribution in [-0.2, 0) is 0 Å². The molecule has 1 fully saturated rings. The van der Waals surface area contributed by atoms with E-state index in [1.54, 1.807) is 5.56 Å². The number of allylic oxidation sites excluding steroid dienone is 2. The molecule has 0 aromatic heterocycles. The number of aryl methyl sites for hydroxylation is 1. The van der Waals surface area contributed by atoms with Gasteiger partial charge in [-0.25, -0.2) is 0 Å². The molecular weight excluding hydrogens is 408 g/mol. The molecule has 3 atom stereocenters. The van der Waals surface area contributed by atoms with E-state index < -0.39 is 0 Å². The highest BCUT2D eigenvalue weighted by molar-refractivity contribution is 6.32. The van der Waals surface area contributed by atoms with Gasteiger partial charge in [0.1, 0.15) is 0 Å². The van der Waals surface area contributed by atoms with Gasteiger partial charge in [-0.1, -0.05) is 100 Å². The lowest BCUT2D eigenvalue weighted by atomic mass is 9.60. The maximum atomic E-state index is 6.61. The van der Waals surface area contributed by atoms with Gasteiger partial charge in [0.2, 0.25) is 0 Å². The third-order valence-electron chi connectivity index (χ3n) is 7.68. The quantitative estimate of drug-likeness (QED) is 0.337. The number of hydrogen-bond donors (Lipinski definition) is 0. The maximum Gasteiger partial charge on any atom is 0.0483 e. The van der Waals surface area contributed by atoms with Crippen molar-refractivity contribution in [3.63, 3.8) is 0 Å². The molecule has 0 saturated heterocycles. The van der Waals surface area contributed by atoms with Gasteiger partial charge in [-0.15, -0.1) is 0 Å². The highest BCUT2D eigenvalue weighted by atomic mass is 35.5. The van der Waals surface area contributed by atoms with Crippen molar-refractivity contribution in [2.24, 2.45) is 11.3 Å². The Morgan fingerprint density at radius 3 is 2.44 bits per heavy atom. The zero-order chi connectivity index (χ0) is 23.0. The lowest BCUT2D eigenvalue weighted by Gasteiger charge is -2.45. The molecule has 0 bridgehead atoms. The normalized spacial score (nSPS) is 24.0. The van der Waals surface area contributed by atoms with Gasteiger partial charge >= 0.3 is 0 Å². The van der Waals surface area contributed by atoms with Gasteiger partial charge in [-0.2, -0.15) is 0 Å². The molecule has 0 heterocycles. The van der Waals surface area contributed by atoms with E-state index in [9.17, 15) is 0 Å². The van der Waals surface area contributed by atoms with E-state index in [-0.39, 0.29) is 0 Å². The zero-order valence-corrected chi connectivity index (χ0v) is 21.6. The average molecular weight is 451 g/mol. The van der Waals surface area contributed by atoms with Crippen LogP contribution in [0.1, 0.15) is 108 Å². The molecule has 0 radical (unpaired) electrons. The minimum absolute atomic E-state index is 0.472. The first kappa shape index (κ1) is 25.1. The van der Waals surface area contributed by atoms with Gasteiger partial charge in [0, 0.05) is 5.02 Å². The standard InChI is InChI=1S/C31H43Cl/c1-5-12-25-21-28(27-13-9-8-10-14-27)23-31(22-25,18-6-2)19-11-15-26(7-3)29-17-16-24(4)20-30(29)32/h8-10,13-17,20,25,28H,5-7,11-12,18-19,21-23H2,1-4H3/b26-15+. The molecule has 3 rings (SSSR count). The van der Waals surface area contributed by atoms with Crippen molar-refractivity contribution in [1.82, 2.24) is 0 Å². The Hall–Kier alpha value is -1.53. The summed E-state index contributed by atoms with van der Waals surface area (Å²) in [7, 11) is 0. The maximum absolute atomic E-state index is 6.61. The van der Waals surface area contributed by atoms with Crippen LogP contribution in [0.3, 0.4) is 0 Å². The van der Waals surface area contributed by atoms with Crippen molar-refractivity contribution in [1.29, 1.82) is 0 Å². The summed E-state index contributed by atoms with van der Waals surface area (Å²) in [6, 6.07) is 17.8. The SMILES string of the molecule is CCCC1CC(c2ccccc2)CC(CCC)(CC/C=C(\CC)c2ccc(C)cc2Cl)C1. The second kappa shape index (κ2) is 12.1. The van der Waals surface area contributed by atoms with E-state index in [1.807, 2.05) is 0 Å². The molecule has 32 heavy (non-hydrogen) atoms. The summed E-state index contributed by atoms with van der Waals surface area (Å²) in [4.78, 5) is 0. The molecule has 2 aromatic carbocycles. The highest BCUT2D eigenvalue weighted by Gasteiger charge is 2.39. The van der Waals surface area contributed by atoms with Gasteiger partial charge < -0.3 is 0 Å². The summed E-state index contributed by atoms with van der Waals surface area (Å²) in [6.45, 7) is 9.10. The van der Waals surface area contributed by atoms with E-state index in [1.165, 1.54) is 68.1 Å². The lowest BCUT2D eigenvalue weighted by Crippen LogP contribution is -2.32. The molecule has 0 nitrogen and oxygen atoms in total. The fourth-order valence-electron chi connectivity index (χ4n) is 6.34. The first-order valence-electron chi connectivity index (χ1n) is 13.0. The van der Waals surface area contributed by atoms with Crippen LogP contribution in [0.4, 0.5) is 0 Å². The van der Waals surface area contributed by atoms with Gasteiger partial charge in [-0.05, 0) is 97.5 Å². The Morgan fingerprint density at radius 2 is 1.78 bits per heavy atom. The van der Waals surface area contributed by atoms with Crippen LogP contribution in [0.2, 0.25) is 5.02 Å². The third kappa shape index (κ3) is 6.50. The third-order valence-corrected chi connectivity index (χ3v) is 8.00. The van der Waals surface area contributed by atoms with Crippen molar-refractivity contribution in [3.8, 4) is 0 Å². The van der Waals surface area contributed by atoms with Crippen molar-refractivity contribution >= 4 is 17.2 Å². The summed E-state index contributed by atoms with van der Waals surface area (Å²) < 4.78 is 0. The monoisotopic (exact) mass is 450 g/mol. The Kier molecular flexibility index (Phi) is 9.47. The van der Waals surface area contributed by atoms with Crippen molar-refractivity contribution in [2.45, 2.75) is 97.8 Å². The summed E-state index contributed by atoms with van der Waals surface area (Å²) in [5.41, 5.74) is 5.89. The Balaban J connectivity index is 1.81. The second-order valence-corrected chi connectivity index (χ2v) is 10.7. The van der Waals surface area contributed by atoms with Gasteiger partial charge in [-0.3, -0.25) is 0 Å². The predicted octanol–water partition coefficient (Wildman–Crippen LogP) is 10.4. The van der Waals surface area contributed by atoms with Crippen LogP contribution < -0.4 is 0 Å². The molecule has 0 spiro atoms. The van der Waals surface area contributed by atoms with Crippen LogP contribution in [0.5, 0.6) is 0 Å². The summed E-state index contributed by atoms with van der Waals surface area (Å²) >= 11 is 6.61. The van der Waals surface area contributed by atoms with Crippen molar-refractivity contribution < 1.29 is 0 Å². The molecule has 1 aliphatic carbocycles. The predicted molar refractivity (Wildman–Crippen MR) is 142 cm³/mol. The van der Waals surface area contributed by atoms with E-state index in [0.29, 0.717) is 11.3 Å². The number of halogens is 1. The molecule has 174 valence electrons.